The van der Waals surface area contributed by atoms with E-state index in [4.69, 9.17) is 16.2 Å². The SMILES string of the molecule is CCC(N)C(=O)OCC(N)CC1CCCCC1. The molecule has 17 heavy (non-hydrogen) atoms. The fraction of sp³-hybridized carbons (Fsp3) is 0.923. The molecule has 0 heterocycles. The second kappa shape index (κ2) is 7.67. The Morgan fingerprint density at radius 2 is 1.94 bits per heavy atom. The van der Waals surface area contributed by atoms with Crippen molar-refractivity contribution >= 4 is 5.97 Å². The summed E-state index contributed by atoms with van der Waals surface area (Å²) in [5, 5.41) is 0. The summed E-state index contributed by atoms with van der Waals surface area (Å²) in [7, 11) is 0. The Balaban J connectivity index is 2.15. The Hall–Kier alpha value is -0.610. The van der Waals surface area contributed by atoms with Gasteiger partial charge in [-0.05, 0) is 18.8 Å². The molecule has 0 bridgehead atoms. The average molecular weight is 242 g/mol. The number of rotatable bonds is 6. The quantitative estimate of drug-likeness (QED) is 0.693. The van der Waals surface area contributed by atoms with E-state index >= 15 is 0 Å². The normalized spacial score (nSPS) is 20.9. The van der Waals surface area contributed by atoms with Gasteiger partial charge in [-0.15, -0.1) is 0 Å². The van der Waals surface area contributed by atoms with Crippen LogP contribution in [0, 0.1) is 5.92 Å². The third kappa shape index (κ3) is 5.50. The van der Waals surface area contributed by atoms with E-state index in [0.29, 0.717) is 13.0 Å². The molecule has 0 saturated heterocycles. The molecule has 1 aliphatic rings. The summed E-state index contributed by atoms with van der Waals surface area (Å²) < 4.78 is 5.11. The summed E-state index contributed by atoms with van der Waals surface area (Å²) in [4.78, 5) is 11.4. The molecule has 0 spiro atoms. The topological polar surface area (TPSA) is 78.3 Å². The lowest BCUT2D eigenvalue weighted by molar-refractivity contribution is -0.145. The molecule has 0 amide bonds. The average Bonchev–Trinajstić information content (AvgIpc) is 2.36. The molecule has 1 saturated carbocycles. The van der Waals surface area contributed by atoms with Gasteiger partial charge in [0, 0.05) is 6.04 Å². The number of hydrogen-bond acceptors (Lipinski definition) is 4. The van der Waals surface area contributed by atoms with E-state index in [0.717, 1.165) is 12.3 Å². The van der Waals surface area contributed by atoms with Gasteiger partial charge >= 0.3 is 5.97 Å². The molecule has 2 atom stereocenters. The molecular weight excluding hydrogens is 216 g/mol. The van der Waals surface area contributed by atoms with Crippen LogP contribution in [0.4, 0.5) is 0 Å². The second-order valence-corrected chi connectivity index (χ2v) is 5.14. The van der Waals surface area contributed by atoms with Crippen molar-refractivity contribution in [3.8, 4) is 0 Å². The van der Waals surface area contributed by atoms with Crippen LogP contribution in [0.5, 0.6) is 0 Å². The first kappa shape index (κ1) is 14.5. The standard InChI is InChI=1S/C13H26N2O2/c1-2-12(15)13(16)17-9-11(14)8-10-6-4-3-5-7-10/h10-12H,2-9,14-15H2,1H3. The molecular formula is C13H26N2O2. The molecule has 0 aromatic rings. The van der Waals surface area contributed by atoms with Gasteiger partial charge in [-0.1, -0.05) is 39.0 Å². The molecule has 0 aliphatic heterocycles. The highest BCUT2D eigenvalue weighted by atomic mass is 16.5. The van der Waals surface area contributed by atoms with Crippen molar-refractivity contribution in [2.45, 2.75) is 64.0 Å². The Morgan fingerprint density at radius 1 is 1.29 bits per heavy atom. The van der Waals surface area contributed by atoms with E-state index in [1.54, 1.807) is 0 Å². The van der Waals surface area contributed by atoms with Crippen molar-refractivity contribution in [2.24, 2.45) is 17.4 Å². The van der Waals surface area contributed by atoms with Gasteiger partial charge < -0.3 is 16.2 Å². The molecule has 4 N–H and O–H groups in total. The first-order chi connectivity index (χ1) is 8.13. The molecule has 1 fully saturated rings. The molecule has 2 unspecified atom stereocenters. The van der Waals surface area contributed by atoms with Gasteiger partial charge in [-0.3, -0.25) is 4.79 Å². The fourth-order valence-corrected chi connectivity index (χ4v) is 2.38. The summed E-state index contributed by atoms with van der Waals surface area (Å²) in [6, 6.07) is -0.539. The number of ether oxygens (including phenoxy) is 1. The van der Waals surface area contributed by atoms with E-state index in [1.807, 2.05) is 6.92 Å². The zero-order valence-electron chi connectivity index (χ0n) is 10.9. The lowest BCUT2D eigenvalue weighted by Gasteiger charge is -2.24. The zero-order chi connectivity index (χ0) is 12.7. The van der Waals surface area contributed by atoms with Gasteiger partial charge in [0.15, 0.2) is 0 Å². The summed E-state index contributed by atoms with van der Waals surface area (Å²) in [5.41, 5.74) is 11.5. The number of carbonyl (C=O) groups excluding carboxylic acids is 1. The summed E-state index contributed by atoms with van der Waals surface area (Å²) in [6.07, 6.45) is 8.11. The van der Waals surface area contributed by atoms with E-state index in [-0.39, 0.29) is 12.0 Å². The minimum atomic E-state index is -0.503. The Morgan fingerprint density at radius 3 is 2.53 bits per heavy atom. The van der Waals surface area contributed by atoms with Crippen LogP contribution < -0.4 is 11.5 Å². The van der Waals surface area contributed by atoms with Gasteiger partial charge in [0.1, 0.15) is 12.6 Å². The van der Waals surface area contributed by atoms with E-state index < -0.39 is 6.04 Å². The van der Waals surface area contributed by atoms with Gasteiger partial charge in [-0.2, -0.15) is 0 Å². The first-order valence-corrected chi connectivity index (χ1v) is 6.81. The van der Waals surface area contributed by atoms with Gasteiger partial charge in [0.25, 0.3) is 0 Å². The third-order valence-corrected chi connectivity index (χ3v) is 3.54. The largest absolute Gasteiger partial charge is 0.463 e. The van der Waals surface area contributed by atoms with Crippen LogP contribution in [0.2, 0.25) is 0 Å². The van der Waals surface area contributed by atoms with Crippen LogP contribution in [0.15, 0.2) is 0 Å². The Labute approximate surface area is 104 Å². The van der Waals surface area contributed by atoms with Crippen molar-refractivity contribution < 1.29 is 9.53 Å². The van der Waals surface area contributed by atoms with Crippen LogP contribution >= 0.6 is 0 Å². The number of carbonyl (C=O) groups is 1. The van der Waals surface area contributed by atoms with Gasteiger partial charge in [0.05, 0.1) is 0 Å². The van der Waals surface area contributed by atoms with E-state index in [9.17, 15) is 4.79 Å². The lowest BCUT2D eigenvalue weighted by Crippen LogP contribution is -2.36. The highest BCUT2D eigenvalue weighted by Crippen LogP contribution is 2.26. The zero-order valence-corrected chi connectivity index (χ0v) is 10.9. The predicted octanol–water partition coefficient (Wildman–Crippen LogP) is 1.56. The highest BCUT2D eigenvalue weighted by molar-refractivity contribution is 5.75. The molecule has 0 aromatic carbocycles. The van der Waals surface area contributed by atoms with Crippen molar-refractivity contribution in [1.29, 1.82) is 0 Å². The molecule has 1 aliphatic carbocycles. The maximum Gasteiger partial charge on any atom is 0.322 e. The predicted molar refractivity (Wildman–Crippen MR) is 68.4 cm³/mol. The van der Waals surface area contributed by atoms with Crippen molar-refractivity contribution in [1.82, 2.24) is 0 Å². The monoisotopic (exact) mass is 242 g/mol. The molecule has 0 aromatic heterocycles. The van der Waals surface area contributed by atoms with Crippen LogP contribution in [0.1, 0.15) is 51.9 Å². The number of nitrogens with two attached hydrogens (primary N) is 2. The molecule has 1 rings (SSSR count). The van der Waals surface area contributed by atoms with Gasteiger partial charge in [-0.25, -0.2) is 0 Å². The number of esters is 1. The minimum Gasteiger partial charge on any atom is -0.463 e. The van der Waals surface area contributed by atoms with E-state index in [1.165, 1.54) is 32.1 Å². The molecule has 4 heteroatoms. The van der Waals surface area contributed by atoms with Gasteiger partial charge in [0.2, 0.25) is 0 Å². The van der Waals surface area contributed by atoms with Crippen molar-refractivity contribution in [2.75, 3.05) is 6.61 Å². The third-order valence-electron chi connectivity index (χ3n) is 3.54. The Bertz CT molecular complexity index is 227. The van der Waals surface area contributed by atoms with E-state index in [2.05, 4.69) is 0 Å². The van der Waals surface area contributed by atoms with Crippen molar-refractivity contribution in [3.05, 3.63) is 0 Å². The highest BCUT2D eigenvalue weighted by Gasteiger charge is 2.19. The fourth-order valence-electron chi connectivity index (χ4n) is 2.38. The first-order valence-electron chi connectivity index (χ1n) is 6.81. The van der Waals surface area contributed by atoms with Crippen LogP contribution in [0.3, 0.4) is 0 Å². The summed E-state index contributed by atoms with van der Waals surface area (Å²) in [5.74, 6) is 0.392. The molecule has 4 nitrogen and oxygen atoms in total. The number of hydrogen-bond donors (Lipinski definition) is 2. The van der Waals surface area contributed by atoms with Crippen molar-refractivity contribution in [3.63, 3.8) is 0 Å². The van der Waals surface area contributed by atoms with Crippen LogP contribution in [-0.2, 0) is 9.53 Å². The van der Waals surface area contributed by atoms with Crippen LogP contribution in [0.25, 0.3) is 0 Å². The summed E-state index contributed by atoms with van der Waals surface area (Å²) >= 11 is 0. The van der Waals surface area contributed by atoms with Crippen LogP contribution in [-0.4, -0.2) is 24.7 Å². The molecule has 100 valence electrons. The molecule has 0 radical (unpaired) electrons. The second-order valence-electron chi connectivity index (χ2n) is 5.14. The smallest absolute Gasteiger partial charge is 0.322 e. The summed E-state index contributed by atoms with van der Waals surface area (Å²) in [6.45, 7) is 2.18. The lowest BCUT2D eigenvalue weighted by atomic mass is 9.85. The maximum atomic E-state index is 11.4. The Kier molecular flexibility index (Phi) is 6.52. The maximum absolute atomic E-state index is 11.4. The minimum absolute atomic E-state index is 0.0360.